The number of aliphatic carboxylic acids is 1. The van der Waals surface area contributed by atoms with Crippen LogP contribution in [0.4, 0.5) is 4.79 Å². The van der Waals surface area contributed by atoms with Crippen LogP contribution in [0.15, 0.2) is 0 Å². The first-order valence-corrected chi connectivity index (χ1v) is 8.92. The molecule has 0 aromatic carbocycles. The van der Waals surface area contributed by atoms with Gasteiger partial charge in [-0.05, 0) is 25.0 Å². The number of carboxylic acids is 1. The van der Waals surface area contributed by atoms with Crippen molar-refractivity contribution in [2.45, 2.75) is 56.5 Å². The molecule has 2 aliphatic rings. The lowest BCUT2D eigenvalue weighted by atomic mass is 9.78. The van der Waals surface area contributed by atoms with Crippen LogP contribution in [0, 0.1) is 0 Å². The summed E-state index contributed by atoms with van der Waals surface area (Å²) in [4.78, 5) is 27.6. The Morgan fingerprint density at radius 2 is 1.90 bits per heavy atom. The number of carbonyl (C=O) groups is 2. The third kappa shape index (κ3) is 3.65. The molecular weight excluding hydrogens is 288 g/mol. The Balaban J connectivity index is 2.10. The minimum absolute atomic E-state index is 0.0225. The summed E-state index contributed by atoms with van der Waals surface area (Å²) in [5, 5.41) is 9.26. The summed E-state index contributed by atoms with van der Waals surface area (Å²) >= 11 is 1.88. The molecule has 1 atom stereocenters. The van der Waals surface area contributed by atoms with Gasteiger partial charge in [0.2, 0.25) is 0 Å². The second kappa shape index (κ2) is 6.90. The van der Waals surface area contributed by atoms with Gasteiger partial charge in [0.25, 0.3) is 0 Å². The average Bonchev–Trinajstić information content (AvgIpc) is 2.99. The zero-order chi connectivity index (χ0) is 15.5. The fraction of sp³-hybridized carbons (Fsp3) is 0.867. The van der Waals surface area contributed by atoms with Crippen LogP contribution in [0.2, 0.25) is 0 Å². The Hall–Kier alpha value is -0.910. The molecule has 2 amide bonds. The third-order valence-corrected chi connectivity index (χ3v) is 6.16. The summed E-state index contributed by atoms with van der Waals surface area (Å²) in [7, 11) is 3.64. The Morgan fingerprint density at radius 3 is 2.43 bits per heavy atom. The Labute approximate surface area is 131 Å². The van der Waals surface area contributed by atoms with Gasteiger partial charge in [-0.3, -0.25) is 4.79 Å². The van der Waals surface area contributed by atoms with Crippen molar-refractivity contribution in [2.75, 3.05) is 25.6 Å². The van der Waals surface area contributed by atoms with E-state index in [1.807, 2.05) is 23.7 Å². The maximum Gasteiger partial charge on any atom is 0.320 e. The van der Waals surface area contributed by atoms with E-state index >= 15 is 0 Å². The number of nitrogens with zero attached hydrogens (tertiary/aromatic N) is 2. The van der Waals surface area contributed by atoms with E-state index in [9.17, 15) is 14.7 Å². The molecule has 6 heteroatoms. The van der Waals surface area contributed by atoms with Crippen molar-refractivity contribution in [3.05, 3.63) is 0 Å². The molecule has 1 N–H and O–H groups in total. The van der Waals surface area contributed by atoms with Gasteiger partial charge < -0.3 is 14.9 Å². The quantitative estimate of drug-likeness (QED) is 0.866. The first-order chi connectivity index (χ1) is 9.96. The van der Waals surface area contributed by atoms with E-state index < -0.39 is 11.5 Å². The number of carbonyl (C=O) groups excluding carboxylic acids is 1. The molecule has 0 bridgehead atoms. The normalized spacial score (nSPS) is 24.6. The highest BCUT2D eigenvalue weighted by Gasteiger charge is 2.42. The topological polar surface area (TPSA) is 60.9 Å². The standard InChI is InChI=1S/C15H26N2O3S/c1-16(12-6-9-21-11-12)14(20)17(2)15(10-13(18)19)7-4-3-5-8-15/h12H,3-11H2,1-2H3,(H,18,19). The van der Waals surface area contributed by atoms with Gasteiger partial charge in [-0.15, -0.1) is 0 Å². The van der Waals surface area contributed by atoms with Gasteiger partial charge in [0.1, 0.15) is 0 Å². The zero-order valence-corrected chi connectivity index (χ0v) is 13.8. The molecule has 120 valence electrons. The average molecular weight is 314 g/mol. The molecule has 1 aliphatic carbocycles. The van der Waals surface area contributed by atoms with Crippen LogP contribution in [0.1, 0.15) is 44.9 Å². The first-order valence-electron chi connectivity index (χ1n) is 7.76. The second-order valence-electron chi connectivity index (χ2n) is 6.33. The van der Waals surface area contributed by atoms with Gasteiger partial charge in [-0.2, -0.15) is 11.8 Å². The van der Waals surface area contributed by atoms with Crippen molar-refractivity contribution in [3.63, 3.8) is 0 Å². The monoisotopic (exact) mass is 314 g/mol. The molecule has 0 aromatic heterocycles. The number of hydrogen-bond donors (Lipinski definition) is 1. The molecule has 2 rings (SSSR count). The summed E-state index contributed by atoms with van der Waals surface area (Å²) in [5.74, 6) is 1.28. The molecule has 5 nitrogen and oxygen atoms in total. The van der Waals surface area contributed by atoms with E-state index in [2.05, 4.69) is 0 Å². The molecule has 1 saturated carbocycles. The van der Waals surface area contributed by atoms with E-state index in [0.29, 0.717) is 0 Å². The first kappa shape index (κ1) is 16.5. The summed E-state index contributed by atoms with van der Waals surface area (Å²) in [6.07, 6.45) is 5.85. The molecule has 1 aliphatic heterocycles. The van der Waals surface area contributed by atoms with E-state index in [1.165, 1.54) is 0 Å². The number of amides is 2. The molecule has 1 unspecified atom stereocenters. The zero-order valence-electron chi connectivity index (χ0n) is 13.0. The maximum atomic E-state index is 12.8. The van der Waals surface area contributed by atoms with Crippen molar-refractivity contribution >= 4 is 23.8 Å². The number of urea groups is 1. The maximum absolute atomic E-state index is 12.8. The number of thioether (sulfide) groups is 1. The second-order valence-corrected chi connectivity index (χ2v) is 7.48. The van der Waals surface area contributed by atoms with Crippen molar-refractivity contribution in [1.29, 1.82) is 0 Å². The predicted octanol–water partition coefficient (Wildman–Crippen LogP) is 2.65. The van der Waals surface area contributed by atoms with E-state index in [4.69, 9.17) is 0 Å². The van der Waals surface area contributed by atoms with E-state index in [-0.39, 0.29) is 18.5 Å². The number of rotatable bonds is 4. The van der Waals surface area contributed by atoms with Crippen LogP contribution in [0.5, 0.6) is 0 Å². The molecule has 0 aromatic rings. The van der Waals surface area contributed by atoms with Crippen molar-refractivity contribution < 1.29 is 14.7 Å². The Kier molecular flexibility index (Phi) is 5.41. The van der Waals surface area contributed by atoms with Gasteiger partial charge in [-0.25, -0.2) is 4.79 Å². The van der Waals surface area contributed by atoms with Crippen molar-refractivity contribution in [2.24, 2.45) is 0 Å². The lowest BCUT2D eigenvalue weighted by Crippen LogP contribution is -2.56. The minimum Gasteiger partial charge on any atom is -0.481 e. The molecule has 21 heavy (non-hydrogen) atoms. The van der Waals surface area contributed by atoms with Crippen LogP contribution < -0.4 is 0 Å². The van der Waals surface area contributed by atoms with Gasteiger partial charge in [-0.1, -0.05) is 19.3 Å². The summed E-state index contributed by atoms with van der Waals surface area (Å²) < 4.78 is 0. The Morgan fingerprint density at radius 1 is 1.24 bits per heavy atom. The largest absolute Gasteiger partial charge is 0.481 e. The Bertz CT molecular complexity index is 390. The molecule has 2 fully saturated rings. The van der Waals surface area contributed by atoms with Gasteiger partial charge in [0.15, 0.2) is 0 Å². The summed E-state index contributed by atoms with van der Waals surface area (Å²) in [6.45, 7) is 0. The number of hydrogen-bond acceptors (Lipinski definition) is 3. The van der Waals surface area contributed by atoms with Gasteiger partial charge >= 0.3 is 12.0 Å². The molecule has 1 saturated heterocycles. The highest BCUT2D eigenvalue weighted by molar-refractivity contribution is 7.99. The number of carboxylic acid groups (broad SMARTS) is 1. The lowest BCUT2D eigenvalue weighted by Gasteiger charge is -2.45. The summed E-state index contributed by atoms with van der Waals surface area (Å²) in [6, 6.07) is 0.265. The predicted molar refractivity (Wildman–Crippen MR) is 84.7 cm³/mol. The summed E-state index contributed by atoms with van der Waals surface area (Å²) in [5.41, 5.74) is -0.499. The third-order valence-electron chi connectivity index (χ3n) is 5.02. The van der Waals surface area contributed by atoms with Crippen molar-refractivity contribution in [1.82, 2.24) is 9.80 Å². The molecule has 0 radical (unpaired) electrons. The SMILES string of the molecule is CN(C(=O)N(C)C1(CC(=O)O)CCCCC1)C1CCSC1. The van der Waals surface area contributed by atoms with Crippen LogP contribution in [-0.4, -0.2) is 64.1 Å². The van der Waals surface area contributed by atoms with Crippen LogP contribution in [0.25, 0.3) is 0 Å². The van der Waals surface area contributed by atoms with Crippen LogP contribution in [-0.2, 0) is 4.79 Å². The highest BCUT2D eigenvalue weighted by atomic mass is 32.2. The minimum atomic E-state index is -0.810. The fourth-order valence-corrected chi connectivity index (χ4v) is 4.81. The van der Waals surface area contributed by atoms with E-state index in [1.54, 1.807) is 11.9 Å². The van der Waals surface area contributed by atoms with Crippen LogP contribution in [0.3, 0.4) is 0 Å². The van der Waals surface area contributed by atoms with Crippen LogP contribution >= 0.6 is 11.8 Å². The highest BCUT2D eigenvalue weighted by Crippen LogP contribution is 2.37. The van der Waals surface area contributed by atoms with Crippen molar-refractivity contribution in [3.8, 4) is 0 Å². The molecule has 1 heterocycles. The fourth-order valence-electron chi connectivity index (χ4n) is 3.55. The van der Waals surface area contributed by atoms with Gasteiger partial charge in [0.05, 0.1) is 12.0 Å². The van der Waals surface area contributed by atoms with Gasteiger partial charge in [0, 0.05) is 25.9 Å². The molecule has 0 spiro atoms. The van der Waals surface area contributed by atoms with E-state index in [0.717, 1.165) is 50.0 Å². The smallest absolute Gasteiger partial charge is 0.320 e. The molecular formula is C15H26N2O3S. The lowest BCUT2D eigenvalue weighted by molar-refractivity contribution is -0.140.